The van der Waals surface area contributed by atoms with Gasteiger partial charge in [0.2, 0.25) is 0 Å². The molecular weight excluding hydrogens is 439 g/mol. The van der Waals surface area contributed by atoms with Gasteiger partial charge in [-0.3, -0.25) is 0 Å². The van der Waals surface area contributed by atoms with E-state index in [1.807, 2.05) is 18.2 Å². The molecule has 3 nitrogen and oxygen atoms in total. The largest absolute Gasteiger partial charge is 0.508 e. The van der Waals surface area contributed by atoms with Crippen molar-refractivity contribution in [1.29, 1.82) is 0 Å². The average molecular weight is 489 g/mol. The summed E-state index contributed by atoms with van der Waals surface area (Å²) in [5.74, 6) is 0.415. The zero-order chi connectivity index (χ0) is 27.0. The Bertz CT molecular complexity index is 957. The molecule has 0 bridgehead atoms. The van der Waals surface area contributed by atoms with Crippen molar-refractivity contribution in [1.82, 2.24) is 0 Å². The molecule has 0 aliphatic rings. The average Bonchev–Trinajstić information content (AvgIpc) is 2.57. The predicted molar refractivity (Wildman–Crippen MR) is 150 cm³/mol. The van der Waals surface area contributed by atoms with Crippen molar-refractivity contribution in [2.24, 2.45) is 0 Å². The topological polar surface area (TPSA) is 60.7 Å². The Morgan fingerprint density at radius 1 is 0.588 bits per heavy atom. The first kappa shape index (κ1) is 30.6. The lowest BCUT2D eigenvalue weighted by molar-refractivity contribution is 0.444. The molecule has 2 aromatic carbocycles. The molecule has 3 N–H and O–H groups in total. The number of aromatic hydroxyl groups is 1. The monoisotopic (exact) mass is 488 g/mol. The minimum Gasteiger partial charge on any atom is -0.508 e. The van der Waals surface area contributed by atoms with E-state index < -0.39 is 8.38 Å². The summed E-state index contributed by atoms with van der Waals surface area (Å²) < 4.78 is 0. The summed E-state index contributed by atoms with van der Waals surface area (Å²) in [4.78, 5) is 19.2. The van der Waals surface area contributed by atoms with Crippen molar-refractivity contribution >= 4 is 13.7 Å². The lowest BCUT2D eigenvalue weighted by Crippen LogP contribution is -2.27. The lowest BCUT2D eigenvalue weighted by atomic mass is 9.77. The quantitative estimate of drug-likeness (QED) is 0.359. The maximum atomic E-state index is 10.0. The second kappa shape index (κ2) is 10.3. The van der Waals surface area contributed by atoms with Crippen LogP contribution in [0.4, 0.5) is 0 Å². The molecule has 0 spiro atoms. The van der Waals surface area contributed by atoms with Crippen molar-refractivity contribution in [3.63, 3.8) is 0 Å². The molecule has 0 aromatic heterocycles. The maximum Gasteiger partial charge on any atom is 0.199 e. The van der Waals surface area contributed by atoms with Crippen LogP contribution < -0.4 is 5.30 Å². The van der Waals surface area contributed by atoms with Crippen LogP contribution in [-0.4, -0.2) is 14.9 Å². The van der Waals surface area contributed by atoms with E-state index in [0.717, 1.165) is 16.7 Å². The fraction of sp³-hybridized carbons (Fsp3) is 0.600. The number of phenolic OH excluding ortho intramolecular Hbond substituents is 1. The molecule has 0 atom stereocenters. The fourth-order valence-corrected chi connectivity index (χ4v) is 5.64. The van der Waals surface area contributed by atoms with Crippen molar-refractivity contribution in [3.8, 4) is 5.75 Å². The van der Waals surface area contributed by atoms with Crippen molar-refractivity contribution in [2.75, 3.05) is 0 Å². The van der Waals surface area contributed by atoms with E-state index in [4.69, 9.17) is 0 Å². The number of hydrogen-bond acceptors (Lipinski definition) is 3. The van der Waals surface area contributed by atoms with Gasteiger partial charge in [0.15, 0.2) is 8.38 Å². The van der Waals surface area contributed by atoms with Crippen LogP contribution in [0.3, 0.4) is 0 Å². The zero-order valence-corrected chi connectivity index (χ0v) is 25.0. The predicted octanol–water partition coefficient (Wildman–Crippen LogP) is 7.81. The first-order valence-electron chi connectivity index (χ1n) is 12.2. The molecule has 0 aliphatic heterocycles. The van der Waals surface area contributed by atoms with Crippen molar-refractivity contribution in [2.45, 2.75) is 119 Å². The first-order chi connectivity index (χ1) is 15.0. The van der Waals surface area contributed by atoms with Crippen LogP contribution in [-0.2, 0) is 21.7 Å². The maximum absolute atomic E-state index is 10.0. The van der Waals surface area contributed by atoms with E-state index in [2.05, 4.69) is 103 Å². The molecule has 0 saturated heterocycles. The molecule has 192 valence electrons. The number of benzene rings is 2. The molecule has 2 rings (SSSR count). The number of rotatable bonds is 1. The number of phenols is 1. The van der Waals surface area contributed by atoms with Gasteiger partial charge in [0.1, 0.15) is 5.75 Å². The van der Waals surface area contributed by atoms with E-state index in [1.165, 1.54) is 16.7 Å². The number of aryl methyl sites for hydroxylation is 1. The highest BCUT2D eigenvalue weighted by Crippen LogP contribution is 2.38. The summed E-state index contributed by atoms with van der Waals surface area (Å²) in [5, 5.41) is 10.7. The van der Waals surface area contributed by atoms with Gasteiger partial charge in [-0.1, -0.05) is 95.2 Å². The third-order valence-corrected chi connectivity index (χ3v) is 6.98. The molecule has 2 aromatic rings. The molecule has 0 saturated carbocycles. The van der Waals surface area contributed by atoms with Crippen LogP contribution >= 0.6 is 8.38 Å². The molecule has 0 unspecified atom stereocenters. The first-order valence-corrected chi connectivity index (χ1v) is 13.4. The summed E-state index contributed by atoms with van der Waals surface area (Å²) in [7, 11) is -2.05. The van der Waals surface area contributed by atoms with Gasteiger partial charge in [-0.2, -0.15) is 0 Å². The molecule has 0 amide bonds. The lowest BCUT2D eigenvalue weighted by Gasteiger charge is -2.31. The van der Waals surface area contributed by atoms with Gasteiger partial charge in [0.05, 0.1) is 0 Å². The van der Waals surface area contributed by atoms with E-state index in [9.17, 15) is 14.9 Å². The molecule has 0 heterocycles. The summed E-state index contributed by atoms with van der Waals surface area (Å²) in [6.45, 7) is 30.1. The van der Waals surface area contributed by atoms with Gasteiger partial charge >= 0.3 is 0 Å². The summed E-state index contributed by atoms with van der Waals surface area (Å²) in [6, 6.07) is 7.95. The van der Waals surface area contributed by atoms with Crippen LogP contribution in [0.15, 0.2) is 24.3 Å². The minimum absolute atomic E-state index is 0.0161. The van der Waals surface area contributed by atoms with Crippen molar-refractivity contribution in [3.05, 3.63) is 57.6 Å². The van der Waals surface area contributed by atoms with Gasteiger partial charge in [0, 0.05) is 5.30 Å². The summed E-state index contributed by atoms with van der Waals surface area (Å²) in [5.41, 5.74) is 7.12. The van der Waals surface area contributed by atoms with Gasteiger partial charge in [0.25, 0.3) is 0 Å². The second-order valence-corrected chi connectivity index (χ2v) is 14.7. The fourth-order valence-electron chi connectivity index (χ4n) is 4.72. The Labute approximate surface area is 210 Å². The Morgan fingerprint density at radius 3 is 1.38 bits per heavy atom. The third-order valence-electron chi connectivity index (χ3n) is 6.18. The highest BCUT2D eigenvalue weighted by atomic mass is 31.2. The van der Waals surface area contributed by atoms with Gasteiger partial charge in [-0.15, -0.1) is 0 Å². The standard InChI is InChI=1S/C15H25O2P.C15H24O/c1-10-11(14(2,3)4)8-9-12(18(16)17)13(10)15(5,6)7;1-10-8-13(16)12(15(5,6)7)9-11(10)14(2,3)4/h8-9,16-17H,1-7H3;8-9,16H,1-7H3. The SMILES string of the molecule is Cc1c(C(C)(C)C)ccc(P(O)O)c1C(C)(C)C.Cc1cc(O)c(C(C)(C)C)cc1C(C)(C)C. The van der Waals surface area contributed by atoms with Crippen LogP contribution in [0.25, 0.3) is 0 Å². The van der Waals surface area contributed by atoms with E-state index in [0.29, 0.717) is 11.1 Å². The van der Waals surface area contributed by atoms with Crippen LogP contribution in [0.2, 0.25) is 0 Å². The molecule has 0 fully saturated rings. The van der Waals surface area contributed by atoms with E-state index in [-0.39, 0.29) is 21.7 Å². The summed E-state index contributed by atoms with van der Waals surface area (Å²) in [6.07, 6.45) is 0. The summed E-state index contributed by atoms with van der Waals surface area (Å²) >= 11 is 0. The highest BCUT2D eigenvalue weighted by molar-refractivity contribution is 7.54. The number of hydrogen-bond donors (Lipinski definition) is 3. The van der Waals surface area contributed by atoms with E-state index >= 15 is 0 Å². The molecule has 34 heavy (non-hydrogen) atoms. The van der Waals surface area contributed by atoms with Gasteiger partial charge in [-0.05, 0) is 81.0 Å². The Balaban J connectivity index is 0.000000342. The highest BCUT2D eigenvalue weighted by Gasteiger charge is 2.28. The van der Waals surface area contributed by atoms with E-state index in [1.54, 1.807) is 0 Å². The molecule has 0 radical (unpaired) electrons. The Morgan fingerprint density at radius 2 is 1.03 bits per heavy atom. The Hall–Kier alpha value is -1.41. The van der Waals surface area contributed by atoms with Crippen LogP contribution in [0.5, 0.6) is 5.75 Å². The second-order valence-electron chi connectivity index (χ2n) is 13.6. The third kappa shape index (κ3) is 7.54. The van der Waals surface area contributed by atoms with Gasteiger partial charge < -0.3 is 14.9 Å². The normalized spacial score (nSPS) is 13.1. The van der Waals surface area contributed by atoms with Gasteiger partial charge in [-0.25, -0.2) is 0 Å². The smallest absolute Gasteiger partial charge is 0.199 e. The Kier molecular flexibility index (Phi) is 9.27. The minimum atomic E-state index is -2.05. The van der Waals surface area contributed by atoms with Crippen LogP contribution in [0.1, 0.15) is 116 Å². The molecule has 4 heteroatoms. The van der Waals surface area contributed by atoms with Crippen LogP contribution in [0, 0.1) is 13.8 Å². The molecule has 0 aliphatic carbocycles. The van der Waals surface area contributed by atoms with Crippen molar-refractivity contribution < 1.29 is 14.9 Å². The molecular formula is C30H49O3P. The zero-order valence-electron chi connectivity index (χ0n) is 24.1.